The monoisotopic (exact) mass is 439 g/mol. The number of benzene rings is 3. The summed E-state index contributed by atoms with van der Waals surface area (Å²) in [7, 11) is 0. The highest BCUT2D eigenvalue weighted by Crippen LogP contribution is 2.30. The molecule has 0 atom stereocenters. The van der Waals surface area contributed by atoms with Crippen LogP contribution in [0.25, 0.3) is 0 Å². The standard InChI is InChI=1S/C24H23Cl2N3O/c25-21-12-11-20(17-22(21)26)27-24(30)29-15-13-28(14-16-29)23(18-7-3-1-4-8-18)19-9-5-2-6-10-19/h1-12,17,23H,13-16H2,(H,27,30). The predicted octanol–water partition coefficient (Wildman–Crippen LogP) is 5.93. The lowest BCUT2D eigenvalue weighted by Crippen LogP contribution is -2.51. The molecular weight excluding hydrogens is 417 g/mol. The molecule has 0 aromatic heterocycles. The normalized spacial score (nSPS) is 14.7. The molecule has 0 bridgehead atoms. The summed E-state index contributed by atoms with van der Waals surface area (Å²) in [5.74, 6) is 0. The molecule has 30 heavy (non-hydrogen) atoms. The van der Waals surface area contributed by atoms with Gasteiger partial charge in [-0.15, -0.1) is 0 Å². The van der Waals surface area contributed by atoms with Gasteiger partial charge in [0.05, 0.1) is 16.1 Å². The largest absolute Gasteiger partial charge is 0.322 e. The first kappa shape index (κ1) is 20.7. The second-order valence-electron chi connectivity index (χ2n) is 7.31. The molecule has 0 spiro atoms. The van der Waals surface area contributed by atoms with E-state index in [1.54, 1.807) is 18.2 Å². The number of nitrogens with zero attached hydrogens (tertiary/aromatic N) is 2. The van der Waals surface area contributed by atoms with Crippen LogP contribution in [-0.2, 0) is 0 Å². The van der Waals surface area contributed by atoms with Gasteiger partial charge in [-0.05, 0) is 29.3 Å². The zero-order valence-corrected chi connectivity index (χ0v) is 18.0. The van der Waals surface area contributed by atoms with Crippen LogP contribution in [0.4, 0.5) is 10.5 Å². The van der Waals surface area contributed by atoms with E-state index in [4.69, 9.17) is 23.2 Å². The fourth-order valence-electron chi connectivity index (χ4n) is 3.84. The average molecular weight is 440 g/mol. The molecular formula is C24H23Cl2N3O. The maximum atomic E-state index is 12.7. The number of amides is 2. The van der Waals surface area contributed by atoms with Crippen LogP contribution >= 0.6 is 23.2 Å². The molecule has 1 saturated heterocycles. The third-order valence-corrected chi connectivity index (χ3v) is 6.11. The van der Waals surface area contributed by atoms with E-state index in [2.05, 4.69) is 58.7 Å². The minimum atomic E-state index is -0.121. The highest BCUT2D eigenvalue weighted by Gasteiger charge is 2.28. The van der Waals surface area contributed by atoms with Gasteiger partial charge in [0.25, 0.3) is 0 Å². The van der Waals surface area contributed by atoms with Crippen molar-refractivity contribution in [3.8, 4) is 0 Å². The molecule has 1 aliphatic rings. The van der Waals surface area contributed by atoms with Gasteiger partial charge in [0, 0.05) is 31.9 Å². The molecule has 1 fully saturated rings. The second-order valence-corrected chi connectivity index (χ2v) is 8.12. The van der Waals surface area contributed by atoms with E-state index < -0.39 is 0 Å². The van der Waals surface area contributed by atoms with Crippen molar-refractivity contribution in [3.63, 3.8) is 0 Å². The van der Waals surface area contributed by atoms with E-state index in [1.807, 2.05) is 17.0 Å². The molecule has 1 N–H and O–H groups in total. The second kappa shape index (κ2) is 9.52. The smallest absolute Gasteiger partial charge is 0.321 e. The summed E-state index contributed by atoms with van der Waals surface area (Å²) in [6.45, 7) is 2.90. The number of nitrogens with one attached hydrogen (secondary N) is 1. The van der Waals surface area contributed by atoms with Gasteiger partial charge in [-0.1, -0.05) is 83.9 Å². The fourth-order valence-corrected chi connectivity index (χ4v) is 4.14. The molecule has 0 radical (unpaired) electrons. The van der Waals surface area contributed by atoms with Crippen molar-refractivity contribution in [2.75, 3.05) is 31.5 Å². The van der Waals surface area contributed by atoms with Crippen LogP contribution in [0.5, 0.6) is 0 Å². The lowest BCUT2D eigenvalue weighted by atomic mass is 9.96. The van der Waals surface area contributed by atoms with Gasteiger partial charge in [0.1, 0.15) is 0 Å². The van der Waals surface area contributed by atoms with Crippen LogP contribution in [0, 0.1) is 0 Å². The van der Waals surface area contributed by atoms with E-state index in [0.29, 0.717) is 28.8 Å². The molecule has 4 nitrogen and oxygen atoms in total. The quantitative estimate of drug-likeness (QED) is 0.546. The maximum absolute atomic E-state index is 12.7. The first-order valence-corrected chi connectivity index (χ1v) is 10.7. The molecule has 1 heterocycles. The zero-order valence-electron chi connectivity index (χ0n) is 16.5. The summed E-state index contributed by atoms with van der Waals surface area (Å²) in [5, 5.41) is 3.81. The van der Waals surface area contributed by atoms with Crippen LogP contribution in [0.3, 0.4) is 0 Å². The summed E-state index contributed by atoms with van der Waals surface area (Å²) in [6, 6.07) is 26.2. The van der Waals surface area contributed by atoms with Gasteiger partial charge in [-0.2, -0.15) is 0 Å². The number of hydrogen-bond donors (Lipinski definition) is 1. The molecule has 0 aliphatic carbocycles. The Morgan fingerprint density at radius 2 is 1.33 bits per heavy atom. The van der Waals surface area contributed by atoms with E-state index in [-0.39, 0.29) is 12.1 Å². The molecule has 0 unspecified atom stereocenters. The van der Waals surface area contributed by atoms with Gasteiger partial charge in [-0.3, -0.25) is 4.90 Å². The molecule has 154 valence electrons. The molecule has 1 aliphatic heterocycles. The minimum absolute atomic E-state index is 0.121. The number of hydrogen-bond acceptors (Lipinski definition) is 2. The average Bonchev–Trinajstić information content (AvgIpc) is 2.78. The first-order chi connectivity index (χ1) is 14.6. The van der Waals surface area contributed by atoms with Gasteiger partial charge >= 0.3 is 6.03 Å². The molecule has 0 saturated carbocycles. The van der Waals surface area contributed by atoms with Crippen molar-refractivity contribution in [1.29, 1.82) is 0 Å². The minimum Gasteiger partial charge on any atom is -0.322 e. The number of carbonyl (C=O) groups is 1. The Kier molecular flexibility index (Phi) is 6.58. The highest BCUT2D eigenvalue weighted by atomic mass is 35.5. The van der Waals surface area contributed by atoms with Gasteiger partial charge in [0.2, 0.25) is 0 Å². The summed E-state index contributed by atoms with van der Waals surface area (Å²) in [4.78, 5) is 17.0. The maximum Gasteiger partial charge on any atom is 0.321 e. The Labute approximate surface area is 187 Å². The zero-order chi connectivity index (χ0) is 20.9. The number of carbonyl (C=O) groups excluding carboxylic acids is 1. The van der Waals surface area contributed by atoms with E-state index in [0.717, 1.165) is 13.1 Å². The van der Waals surface area contributed by atoms with Crippen LogP contribution in [-0.4, -0.2) is 42.0 Å². The summed E-state index contributed by atoms with van der Waals surface area (Å²) < 4.78 is 0. The van der Waals surface area contributed by atoms with Crippen molar-refractivity contribution < 1.29 is 4.79 Å². The third kappa shape index (κ3) is 4.78. The van der Waals surface area contributed by atoms with Crippen LogP contribution in [0.1, 0.15) is 17.2 Å². The summed E-state index contributed by atoms with van der Waals surface area (Å²) >= 11 is 12.0. The Morgan fingerprint density at radius 1 is 0.767 bits per heavy atom. The Morgan fingerprint density at radius 3 is 1.87 bits per heavy atom. The lowest BCUT2D eigenvalue weighted by Gasteiger charge is -2.39. The number of piperazine rings is 1. The first-order valence-electron chi connectivity index (χ1n) is 9.97. The van der Waals surface area contributed by atoms with Crippen LogP contribution in [0.2, 0.25) is 10.0 Å². The fraction of sp³-hybridized carbons (Fsp3) is 0.208. The Balaban J connectivity index is 1.44. The topological polar surface area (TPSA) is 35.6 Å². The number of rotatable bonds is 4. The lowest BCUT2D eigenvalue weighted by molar-refractivity contribution is 0.126. The summed E-state index contributed by atoms with van der Waals surface area (Å²) in [5.41, 5.74) is 3.16. The van der Waals surface area contributed by atoms with Gasteiger partial charge < -0.3 is 10.2 Å². The van der Waals surface area contributed by atoms with Gasteiger partial charge in [-0.25, -0.2) is 4.79 Å². The summed E-state index contributed by atoms with van der Waals surface area (Å²) in [6.07, 6.45) is 0. The van der Waals surface area contributed by atoms with Crippen LogP contribution in [0.15, 0.2) is 78.9 Å². The number of halogens is 2. The Bertz CT molecular complexity index is 950. The highest BCUT2D eigenvalue weighted by molar-refractivity contribution is 6.42. The Hall–Kier alpha value is -2.53. The molecule has 2 amide bonds. The van der Waals surface area contributed by atoms with Crippen molar-refractivity contribution >= 4 is 34.9 Å². The van der Waals surface area contributed by atoms with E-state index >= 15 is 0 Å². The SMILES string of the molecule is O=C(Nc1ccc(Cl)c(Cl)c1)N1CCN(C(c2ccccc2)c2ccccc2)CC1. The van der Waals surface area contributed by atoms with Crippen molar-refractivity contribution in [1.82, 2.24) is 9.80 Å². The predicted molar refractivity (Wildman–Crippen MR) is 123 cm³/mol. The third-order valence-electron chi connectivity index (χ3n) is 5.37. The van der Waals surface area contributed by atoms with E-state index in [9.17, 15) is 4.79 Å². The van der Waals surface area contributed by atoms with Crippen molar-refractivity contribution in [3.05, 3.63) is 100 Å². The molecule has 3 aromatic carbocycles. The van der Waals surface area contributed by atoms with E-state index in [1.165, 1.54) is 11.1 Å². The molecule has 6 heteroatoms. The number of urea groups is 1. The van der Waals surface area contributed by atoms with Crippen LogP contribution < -0.4 is 5.32 Å². The number of anilines is 1. The van der Waals surface area contributed by atoms with Gasteiger partial charge in [0.15, 0.2) is 0 Å². The molecule has 3 aromatic rings. The molecule has 4 rings (SSSR count). The van der Waals surface area contributed by atoms with Crippen molar-refractivity contribution in [2.24, 2.45) is 0 Å². The van der Waals surface area contributed by atoms with Crippen molar-refractivity contribution in [2.45, 2.75) is 6.04 Å².